The molecule has 0 unspecified atom stereocenters. The predicted octanol–water partition coefficient (Wildman–Crippen LogP) is 5.38. The first kappa shape index (κ1) is 22.2. The number of carbonyl (C=O) groups is 2. The molecule has 6 heteroatoms. The van der Waals surface area contributed by atoms with Crippen molar-refractivity contribution in [3.63, 3.8) is 0 Å². The predicted molar refractivity (Wildman–Crippen MR) is 126 cm³/mol. The zero-order valence-electron chi connectivity index (χ0n) is 17.5. The summed E-state index contributed by atoms with van der Waals surface area (Å²) < 4.78 is 0. The van der Waals surface area contributed by atoms with E-state index in [1.807, 2.05) is 61.5 Å². The number of anilines is 1. The van der Waals surface area contributed by atoms with E-state index >= 15 is 0 Å². The maximum Gasteiger partial charge on any atom is 0.244 e. The third-order valence-corrected chi connectivity index (χ3v) is 5.16. The molecule has 0 radical (unpaired) electrons. The van der Waals surface area contributed by atoms with Gasteiger partial charge in [0.2, 0.25) is 11.8 Å². The first-order chi connectivity index (χ1) is 14.9. The Hall–Kier alpha value is -3.44. The summed E-state index contributed by atoms with van der Waals surface area (Å²) in [5, 5.41) is 7.44. The zero-order valence-corrected chi connectivity index (χ0v) is 18.2. The monoisotopic (exact) mass is 433 g/mol. The molecule has 0 aliphatic carbocycles. The average Bonchev–Trinajstić information content (AvgIpc) is 2.77. The summed E-state index contributed by atoms with van der Waals surface area (Å²) in [5.41, 5.74) is 7.60. The number of hydrazone groups is 1. The zero-order chi connectivity index (χ0) is 22.2. The third kappa shape index (κ3) is 6.52. The molecule has 158 valence electrons. The SMILES string of the molecule is CC(CC(=O)Nc1cccc(Cl)c1C)=NNC(=O)Cc1ccc(-c2ccccc2)cc1. The van der Waals surface area contributed by atoms with Crippen LogP contribution in [0.15, 0.2) is 77.9 Å². The van der Waals surface area contributed by atoms with Crippen LogP contribution in [0.3, 0.4) is 0 Å². The van der Waals surface area contributed by atoms with Crippen molar-refractivity contribution in [1.82, 2.24) is 5.43 Å². The number of carbonyl (C=O) groups excluding carboxylic acids is 2. The Morgan fingerprint density at radius 3 is 2.26 bits per heavy atom. The summed E-state index contributed by atoms with van der Waals surface area (Å²) in [6.45, 7) is 3.53. The Bertz CT molecular complexity index is 1090. The van der Waals surface area contributed by atoms with Crippen molar-refractivity contribution >= 4 is 34.8 Å². The lowest BCUT2D eigenvalue weighted by molar-refractivity contribution is -0.120. The summed E-state index contributed by atoms with van der Waals surface area (Å²) in [6.07, 6.45) is 0.276. The summed E-state index contributed by atoms with van der Waals surface area (Å²) in [7, 11) is 0. The topological polar surface area (TPSA) is 70.6 Å². The fourth-order valence-corrected chi connectivity index (χ4v) is 3.21. The minimum atomic E-state index is -0.238. The lowest BCUT2D eigenvalue weighted by Crippen LogP contribution is -2.23. The molecule has 0 fully saturated rings. The van der Waals surface area contributed by atoms with Gasteiger partial charge in [-0.05, 0) is 48.2 Å². The van der Waals surface area contributed by atoms with Crippen LogP contribution in [0.1, 0.15) is 24.5 Å². The van der Waals surface area contributed by atoms with E-state index in [1.165, 1.54) is 0 Å². The van der Waals surface area contributed by atoms with Crippen molar-refractivity contribution in [2.45, 2.75) is 26.7 Å². The van der Waals surface area contributed by atoms with Crippen molar-refractivity contribution < 1.29 is 9.59 Å². The molecule has 0 atom stereocenters. The largest absolute Gasteiger partial charge is 0.325 e. The van der Waals surface area contributed by atoms with Crippen molar-refractivity contribution in [1.29, 1.82) is 0 Å². The first-order valence-corrected chi connectivity index (χ1v) is 10.3. The highest BCUT2D eigenvalue weighted by Crippen LogP contribution is 2.23. The highest BCUT2D eigenvalue weighted by atomic mass is 35.5. The number of hydrogen-bond donors (Lipinski definition) is 2. The van der Waals surface area contributed by atoms with E-state index in [-0.39, 0.29) is 24.7 Å². The van der Waals surface area contributed by atoms with Crippen LogP contribution in [0.2, 0.25) is 5.02 Å². The van der Waals surface area contributed by atoms with E-state index in [0.29, 0.717) is 16.4 Å². The minimum Gasteiger partial charge on any atom is -0.325 e. The molecule has 0 bridgehead atoms. The van der Waals surface area contributed by atoms with Gasteiger partial charge in [-0.25, -0.2) is 5.43 Å². The van der Waals surface area contributed by atoms with E-state index in [0.717, 1.165) is 22.3 Å². The number of amides is 2. The van der Waals surface area contributed by atoms with E-state index < -0.39 is 0 Å². The molecule has 0 saturated carbocycles. The van der Waals surface area contributed by atoms with Crippen LogP contribution in [0.4, 0.5) is 5.69 Å². The molecule has 2 N–H and O–H groups in total. The Balaban J connectivity index is 1.50. The molecule has 0 aliphatic heterocycles. The van der Waals surface area contributed by atoms with E-state index in [9.17, 15) is 9.59 Å². The van der Waals surface area contributed by atoms with Crippen LogP contribution in [0.25, 0.3) is 11.1 Å². The van der Waals surface area contributed by atoms with E-state index in [2.05, 4.69) is 15.8 Å². The molecule has 0 saturated heterocycles. The van der Waals surface area contributed by atoms with Gasteiger partial charge in [0.1, 0.15) is 0 Å². The number of benzene rings is 3. The Morgan fingerprint density at radius 2 is 1.55 bits per heavy atom. The molecule has 0 heterocycles. The van der Waals surface area contributed by atoms with Crippen LogP contribution in [0.5, 0.6) is 0 Å². The molecular weight excluding hydrogens is 410 g/mol. The Labute approximate surface area is 187 Å². The van der Waals surface area contributed by atoms with Gasteiger partial charge in [0.15, 0.2) is 0 Å². The lowest BCUT2D eigenvalue weighted by atomic mass is 10.0. The Morgan fingerprint density at radius 1 is 0.871 bits per heavy atom. The standard InChI is InChI=1S/C25H24ClN3O2/c1-17(15-24(30)27-23-10-6-9-22(26)18(23)2)28-29-25(31)16-19-11-13-21(14-12-19)20-7-4-3-5-8-20/h3-14H,15-16H2,1-2H3,(H,27,30)(H,29,31). The maximum absolute atomic E-state index is 12.2. The number of halogens is 1. The van der Waals surface area contributed by atoms with Crippen LogP contribution in [-0.4, -0.2) is 17.5 Å². The number of nitrogens with one attached hydrogen (secondary N) is 2. The maximum atomic E-state index is 12.2. The molecular formula is C25H24ClN3O2. The quantitative estimate of drug-likeness (QED) is 0.388. The molecule has 5 nitrogen and oxygen atoms in total. The third-order valence-electron chi connectivity index (χ3n) is 4.76. The van der Waals surface area contributed by atoms with Crippen LogP contribution >= 0.6 is 11.6 Å². The second-order valence-corrected chi connectivity index (χ2v) is 7.67. The smallest absolute Gasteiger partial charge is 0.244 e. The molecule has 3 rings (SSSR count). The highest BCUT2D eigenvalue weighted by molar-refractivity contribution is 6.31. The summed E-state index contributed by atoms with van der Waals surface area (Å²) in [5.74, 6) is -0.463. The fourth-order valence-electron chi connectivity index (χ4n) is 3.04. The molecule has 0 aliphatic rings. The molecule has 3 aromatic carbocycles. The van der Waals surface area contributed by atoms with Crippen molar-refractivity contribution in [2.75, 3.05) is 5.32 Å². The molecule has 31 heavy (non-hydrogen) atoms. The second kappa shape index (κ2) is 10.5. The van der Waals surface area contributed by atoms with Gasteiger partial charge in [0.05, 0.1) is 12.8 Å². The van der Waals surface area contributed by atoms with Crippen LogP contribution in [-0.2, 0) is 16.0 Å². The van der Waals surface area contributed by atoms with Gasteiger partial charge in [-0.2, -0.15) is 5.10 Å². The van der Waals surface area contributed by atoms with Gasteiger partial charge in [0, 0.05) is 16.4 Å². The van der Waals surface area contributed by atoms with E-state index in [4.69, 9.17) is 11.6 Å². The second-order valence-electron chi connectivity index (χ2n) is 7.26. The van der Waals surface area contributed by atoms with Crippen molar-refractivity contribution in [3.8, 4) is 11.1 Å². The van der Waals surface area contributed by atoms with Gasteiger partial charge in [-0.1, -0.05) is 72.3 Å². The van der Waals surface area contributed by atoms with Crippen LogP contribution < -0.4 is 10.7 Å². The summed E-state index contributed by atoms with van der Waals surface area (Å²) in [6, 6.07) is 23.2. The average molecular weight is 434 g/mol. The van der Waals surface area contributed by atoms with Gasteiger partial charge < -0.3 is 5.32 Å². The highest BCUT2D eigenvalue weighted by Gasteiger charge is 2.09. The van der Waals surface area contributed by atoms with Gasteiger partial charge in [-0.15, -0.1) is 0 Å². The number of nitrogens with zero attached hydrogens (tertiary/aromatic N) is 1. The number of hydrogen-bond acceptors (Lipinski definition) is 3. The van der Waals surface area contributed by atoms with Gasteiger partial charge in [-0.3, -0.25) is 9.59 Å². The Kier molecular flexibility index (Phi) is 7.57. The summed E-state index contributed by atoms with van der Waals surface area (Å²) >= 11 is 6.07. The molecule has 0 aromatic heterocycles. The molecule has 2 amide bonds. The number of rotatable bonds is 7. The normalized spacial score (nSPS) is 11.1. The van der Waals surface area contributed by atoms with Gasteiger partial charge in [0.25, 0.3) is 0 Å². The van der Waals surface area contributed by atoms with Crippen molar-refractivity contribution in [3.05, 3.63) is 88.9 Å². The van der Waals surface area contributed by atoms with E-state index in [1.54, 1.807) is 25.1 Å². The molecule has 3 aromatic rings. The fraction of sp³-hybridized carbons (Fsp3) is 0.160. The first-order valence-electron chi connectivity index (χ1n) is 9.93. The van der Waals surface area contributed by atoms with Crippen LogP contribution in [0, 0.1) is 6.92 Å². The lowest BCUT2D eigenvalue weighted by Gasteiger charge is -2.09. The molecule has 0 spiro atoms. The minimum absolute atomic E-state index is 0.0675. The van der Waals surface area contributed by atoms with Crippen molar-refractivity contribution in [2.24, 2.45) is 5.10 Å². The summed E-state index contributed by atoms with van der Waals surface area (Å²) in [4.78, 5) is 24.4. The van der Waals surface area contributed by atoms with Gasteiger partial charge >= 0.3 is 0 Å².